The van der Waals surface area contributed by atoms with Crippen LogP contribution in [-0.2, 0) is 14.9 Å². The van der Waals surface area contributed by atoms with Crippen LogP contribution < -0.4 is 0 Å². The third kappa shape index (κ3) is 3.07. The molecule has 1 aliphatic rings. The molecule has 3 aromatic rings. The SMILES string of the molecule is O=C1CC(=Nc2cccc3cc(S(=O)(=O)[O-])ccc23)c2ccccc2C1=O. The zero-order chi connectivity index (χ0) is 19.2. The van der Waals surface area contributed by atoms with Crippen LogP contribution in [0, 0.1) is 0 Å². The second kappa shape index (κ2) is 6.22. The quantitative estimate of drug-likeness (QED) is 0.504. The highest BCUT2D eigenvalue weighted by atomic mass is 32.2. The summed E-state index contributed by atoms with van der Waals surface area (Å²) in [6.45, 7) is 0. The molecule has 0 heterocycles. The average Bonchev–Trinajstić information content (AvgIpc) is 2.65. The van der Waals surface area contributed by atoms with Gasteiger partial charge < -0.3 is 4.55 Å². The minimum Gasteiger partial charge on any atom is -0.744 e. The largest absolute Gasteiger partial charge is 0.744 e. The predicted octanol–water partition coefficient (Wildman–Crippen LogP) is 3.02. The van der Waals surface area contributed by atoms with Gasteiger partial charge in [0.1, 0.15) is 10.1 Å². The van der Waals surface area contributed by atoms with Crippen LogP contribution in [0.3, 0.4) is 0 Å². The molecule has 0 aromatic heterocycles. The highest BCUT2D eigenvalue weighted by Crippen LogP contribution is 2.30. The second-order valence-electron chi connectivity index (χ2n) is 6.15. The standard InChI is InChI=1S/C20H13NO5S/c22-19-11-18(15-5-1-2-6-16(15)20(19)23)21-17-7-3-4-12-10-13(27(24,25)26)8-9-14(12)17/h1-10H,11H2,(H,24,25,26)/p-1. The second-order valence-corrected chi connectivity index (χ2v) is 7.53. The fourth-order valence-corrected chi connectivity index (χ4v) is 3.66. The summed E-state index contributed by atoms with van der Waals surface area (Å²) in [5.74, 6) is -1.04. The first-order chi connectivity index (χ1) is 12.8. The van der Waals surface area contributed by atoms with Gasteiger partial charge in [-0.15, -0.1) is 0 Å². The Hall–Kier alpha value is -3.16. The van der Waals surface area contributed by atoms with Crippen LogP contribution in [0.4, 0.5) is 5.69 Å². The lowest BCUT2D eigenvalue weighted by Gasteiger charge is -2.16. The van der Waals surface area contributed by atoms with Gasteiger partial charge in [0.2, 0.25) is 11.6 Å². The number of hydrogen-bond donors (Lipinski definition) is 0. The molecule has 0 radical (unpaired) electrons. The Balaban J connectivity index is 1.90. The third-order valence-corrected chi connectivity index (χ3v) is 5.27. The molecule has 0 unspecified atom stereocenters. The first-order valence-electron chi connectivity index (χ1n) is 8.08. The molecule has 0 fully saturated rings. The molecule has 0 amide bonds. The maximum absolute atomic E-state index is 12.1. The summed E-state index contributed by atoms with van der Waals surface area (Å²) >= 11 is 0. The molecule has 0 atom stereocenters. The van der Waals surface area contributed by atoms with Crippen molar-refractivity contribution in [2.24, 2.45) is 4.99 Å². The maximum atomic E-state index is 12.1. The molecule has 134 valence electrons. The number of fused-ring (bicyclic) bond motifs is 2. The molecule has 0 saturated carbocycles. The molecule has 0 aliphatic heterocycles. The van der Waals surface area contributed by atoms with Crippen molar-refractivity contribution in [3.63, 3.8) is 0 Å². The third-order valence-electron chi connectivity index (χ3n) is 4.44. The van der Waals surface area contributed by atoms with Gasteiger partial charge in [0.05, 0.1) is 22.7 Å². The van der Waals surface area contributed by atoms with Crippen LogP contribution in [0.2, 0.25) is 0 Å². The van der Waals surface area contributed by atoms with Gasteiger partial charge in [-0.05, 0) is 23.6 Å². The van der Waals surface area contributed by atoms with Crippen molar-refractivity contribution in [3.05, 3.63) is 71.8 Å². The maximum Gasteiger partial charge on any atom is 0.229 e. The number of benzene rings is 3. The monoisotopic (exact) mass is 378 g/mol. The van der Waals surface area contributed by atoms with Gasteiger partial charge >= 0.3 is 0 Å². The van der Waals surface area contributed by atoms with E-state index in [9.17, 15) is 22.6 Å². The molecule has 0 N–H and O–H groups in total. The fraction of sp³-hybridized carbons (Fsp3) is 0.0500. The number of rotatable bonds is 2. The predicted molar refractivity (Wildman–Crippen MR) is 98.5 cm³/mol. The van der Waals surface area contributed by atoms with Crippen LogP contribution in [0.15, 0.2) is 70.6 Å². The van der Waals surface area contributed by atoms with Crippen molar-refractivity contribution in [2.45, 2.75) is 11.3 Å². The summed E-state index contributed by atoms with van der Waals surface area (Å²) in [6, 6.07) is 15.9. The number of ketones is 2. The van der Waals surface area contributed by atoms with E-state index in [4.69, 9.17) is 0 Å². The molecule has 4 rings (SSSR count). The summed E-state index contributed by atoms with van der Waals surface area (Å²) in [5, 5.41) is 1.18. The molecular formula is C20H12NO5S-. The Morgan fingerprint density at radius 1 is 0.889 bits per heavy atom. The lowest BCUT2D eigenvalue weighted by atomic mass is 9.88. The number of hydrogen-bond acceptors (Lipinski definition) is 6. The highest BCUT2D eigenvalue weighted by molar-refractivity contribution is 7.85. The van der Waals surface area contributed by atoms with E-state index in [1.807, 2.05) is 0 Å². The number of carbonyl (C=O) groups is 2. The summed E-state index contributed by atoms with van der Waals surface area (Å²) in [5.41, 5.74) is 1.93. The molecule has 0 saturated heterocycles. The molecule has 6 nitrogen and oxygen atoms in total. The zero-order valence-corrected chi connectivity index (χ0v) is 14.7. The Morgan fingerprint density at radius 3 is 2.37 bits per heavy atom. The lowest BCUT2D eigenvalue weighted by molar-refractivity contribution is -0.114. The van der Waals surface area contributed by atoms with Gasteiger partial charge in [-0.1, -0.05) is 42.5 Å². The van der Waals surface area contributed by atoms with Crippen molar-refractivity contribution < 1.29 is 22.6 Å². The molecule has 27 heavy (non-hydrogen) atoms. The molecule has 7 heteroatoms. The van der Waals surface area contributed by atoms with E-state index in [1.54, 1.807) is 42.5 Å². The Bertz CT molecular complexity index is 1260. The van der Waals surface area contributed by atoms with Crippen molar-refractivity contribution >= 4 is 43.9 Å². The number of aliphatic imine (C=N–C) groups is 1. The summed E-state index contributed by atoms with van der Waals surface area (Å²) in [6.07, 6.45) is -0.0980. The van der Waals surface area contributed by atoms with Gasteiger partial charge in [-0.25, -0.2) is 8.42 Å². The summed E-state index contributed by atoms with van der Waals surface area (Å²) in [7, 11) is -4.56. The van der Waals surface area contributed by atoms with E-state index in [1.165, 1.54) is 18.2 Å². The van der Waals surface area contributed by atoms with Crippen molar-refractivity contribution in [3.8, 4) is 0 Å². The number of nitrogens with zero attached hydrogens (tertiary/aromatic N) is 1. The molecular weight excluding hydrogens is 366 g/mol. The molecule has 0 bridgehead atoms. The number of carbonyl (C=O) groups excluding carboxylic acids is 2. The van der Waals surface area contributed by atoms with Gasteiger partial charge in [-0.2, -0.15) is 0 Å². The van der Waals surface area contributed by atoms with Crippen LogP contribution in [0.1, 0.15) is 22.3 Å². The topological polar surface area (TPSA) is 104 Å². The molecule has 1 aliphatic carbocycles. The van der Waals surface area contributed by atoms with Gasteiger partial charge in [0.25, 0.3) is 0 Å². The van der Waals surface area contributed by atoms with Crippen LogP contribution in [-0.4, -0.2) is 30.2 Å². The first kappa shape index (κ1) is 17.3. The Kier molecular flexibility index (Phi) is 3.98. The van der Waals surface area contributed by atoms with Crippen LogP contribution in [0.5, 0.6) is 0 Å². The lowest BCUT2D eigenvalue weighted by Crippen LogP contribution is -2.27. The Labute approximate surface area is 154 Å². The van der Waals surface area contributed by atoms with Crippen LogP contribution in [0.25, 0.3) is 10.8 Å². The van der Waals surface area contributed by atoms with E-state index < -0.39 is 21.7 Å². The Morgan fingerprint density at radius 2 is 1.63 bits per heavy atom. The van der Waals surface area contributed by atoms with Gasteiger partial charge in [-0.3, -0.25) is 14.6 Å². The van der Waals surface area contributed by atoms with E-state index in [0.717, 1.165) is 0 Å². The fourth-order valence-electron chi connectivity index (χ4n) is 3.15. The highest BCUT2D eigenvalue weighted by Gasteiger charge is 2.29. The van der Waals surface area contributed by atoms with E-state index >= 15 is 0 Å². The molecule has 0 spiro atoms. The minimum atomic E-state index is -4.56. The van der Waals surface area contributed by atoms with Crippen molar-refractivity contribution in [1.82, 2.24) is 0 Å². The summed E-state index contributed by atoms with van der Waals surface area (Å²) < 4.78 is 33.7. The van der Waals surface area contributed by atoms with E-state index in [-0.39, 0.29) is 11.3 Å². The van der Waals surface area contributed by atoms with Gasteiger partial charge in [0, 0.05) is 16.5 Å². The van der Waals surface area contributed by atoms with E-state index in [0.29, 0.717) is 33.3 Å². The first-order valence-corrected chi connectivity index (χ1v) is 9.48. The van der Waals surface area contributed by atoms with Crippen molar-refractivity contribution in [2.75, 3.05) is 0 Å². The zero-order valence-electron chi connectivity index (χ0n) is 13.9. The average molecular weight is 378 g/mol. The minimum absolute atomic E-state index is 0.0980. The normalized spacial score (nSPS) is 16.0. The van der Waals surface area contributed by atoms with E-state index in [2.05, 4.69) is 4.99 Å². The van der Waals surface area contributed by atoms with Crippen LogP contribution >= 0.6 is 0 Å². The van der Waals surface area contributed by atoms with Gasteiger partial charge in [0.15, 0.2) is 0 Å². The summed E-state index contributed by atoms with van der Waals surface area (Å²) in [4.78, 5) is 28.4. The molecule has 3 aromatic carbocycles. The van der Waals surface area contributed by atoms with Crippen molar-refractivity contribution in [1.29, 1.82) is 0 Å². The smallest absolute Gasteiger partial charge is 0.229 e. The number of Topliss-reactive ketones (excluding diaryl/α,β-unsaturated/α-hetero) is 2.